The van der Waals surface area contributed by atoms with Crippen molar-refractivity contribution in [2.75, 3.05) is 20.3 Å². The summed E-state index contributed by atoms with van der Waals surface area (Å²) in [5, 5.41) is 9.19. The monoisotopic (exact) mass is 321 g/mol. The van der Waals surface area contributed by atoms with Gasteiger partial charge in [-0.2, -0.15) is 5.26 Å². The summed E-state index contributed by atoms with van der Waals surface area (Å²) in [6.45, 7) is 0.419. The molecular formula is C15H16ClN3O3. The molecule has 1 aliphatic heterocycles. The third-order valence-electron chi connectivity index (χ3n) is 3.90. The van der Waals surface area contributed by atoms with E-state index in [4.69, 9.17) is 27.3 Å². The van der Waals surface area contributed by atoms with Crippen LogP contribution in [0.15, 0.2) is 18.2 Å². The topological polar surface area (TPSA) is 96.4 Å². The maximum atomic E-state index is 12.8. The third kappa shape index (κ3) is 2.65. The Morgan fingerprint density at radius 2 is 2.27 bits per heavy atom. The lowest BCUT2D eigenvalue weighted by molar-refractivity contribution is -0.130. The Balaban J connectivity index is 2.44. The van der Waals surface area contributed by atoms with Crippen LogP contribution >= 0.6 is 11.6 Å². The van der Waals surface area contributed by atoms with Crippen LogP contribution in [0.3, 0.4) is 0 Å². The molecule has 0 radical (unpaired) electrons. The number of nitrogens with zero attached hydrogens (tertiary/aromatic N) is 2. The summed E-state index contributed by atoms with van der Waals surface area (Å²) < 4.78 is 5.10. The first-order valence-corrected chi connectivity index (χ1v) is 7.14. The first-order chi connectivity index (χ1) is 10.5. The first-order valence-electron chi connectivity index (χ1n) is 6.77. The summed E-state index contributed by atoms with van der Waals surface area (Å²) in [5.74, 6) is -1.02. The number of benzene rings is 1. The molecule has 1 aromatic rings. The number of nitrogens with two attached hydrogens (primary N) is 1. The van der Waals surface area contributed by atoms with Gasteiger partial charge in [-0.25, -0.2) is 0 Å². The van der Waals surface area contributed by atoms with E-state index in [0.29, 0.717) is 24.9 Å². The minimum absolute atomic E-state index is 0.0314. The summed E-state index contributed by atoms with van der Waals surface area (Å²) in [6.07, 6.45) is 1.09. The van der Waals surface area contributed by atoms with Crippen LogP contribution in [-0.2, 0) is 9.53 Å². The summed E-state index contributed by atoms with van der Waals surface area (Å²) in [4.78, 5) is 26.1. The number of primary amides is 1. The average Bonchev–Trinajstić information content (AvgIpc) is 2.92. The van der Waals surface area contributed by atoms with Crippen LogP contribution in [0.2, 0.25) is 5.02 Å². The summed E-state index contributed by atoms with van der Waals surface area (Å²) in [5.41, 5.74) is 4.86. The number of hydrogen-bond donors (Lipinski definition) is 1. The number of rotatable bonds is 4. The Hall–Kier alpha value is -2.10. The Bertz CT molecular complexity index is 656. The molecule has 1 unspecified atom stereocenters. The maximum absolute atomic E-state index is 12.8. The fourth-order valence-corrected chi connectivity index (χ4v) is 2.99. The van der Waals surface area contributed by atoms with E-state index in [1.54, 1.807) is 0 Å². The highest BCUT2D eigenvalue weighted by Crippen LogP contribution is 2.32. The summed E-state index contributed by atoms with van der Waals surface area (Å²) in [6, 6.07) is 6.40. The molecule has 2 N–H and O–H groups in total. The molecule has 2 amide bonds. The molecule has 6 nitrogen and oxygen atoms in total. The normalized spacial score (nSPS) is 20.7. The van der Waals surface area contributed by atoms with E-state index < -0.39 is 17.4 Å². The molecule has 0 saturated carbocycles. The van der Waals surface area contributed by atoms with E-state index in [9.17, 15) is 9.59 Å². The van der Waals surface area contributed by atoms with E-state index in [2.05, 4.69) is 0 Å². The second kappa shape index (κ2) is 6.34. The van der Waals surface area contributed by atoms with Crippen LogP contribution in [0.25, 0.3) is 0 Å². The minimum atomic E-state index is -1.17. The van der Waals surface area contributed by atoms with Crippen molar-refractivity contribution < 1.29 is 14.3 Å². The van der Waals surface area contributed by atoms with Crippen molar-refractivity contribution in [3.05, 3.63) is 34.3 Å². The number of methoxy groups -OCH3 is 1. The molecule has 1 fully saturated rings. The average molecular weight is 322 g/mol. The molecule has 1 aromatic carbocycles. The predicted molar refractivity (Wildman–Crippen MR) is 80.2 cm³/mol. The van der Waals surface area contributed by atoms with Gasteiger partial charge in [0, 0.05) is 13.7 Å². The molecule has 116 valence electrons. The van der Waals surface area contributed by atoms with Crippen molar-refractivity contribution in [1.29, 1.82) is 5.26 Å². The van der Waals surface area contributed by atoms with Gasteiger partial charge in [-0.05, 0) is 31.0 Å². The van der Waals surface area contributed by atoms with Crippen molar-refractivity contribution in [1.82, 2.24) is 4.90 Å². The van der Waals surface area contributed by atoms with Gasteiger partial charge in [0.1, 0.15) is 5.54 Å². The molecule has 22 heavy (non-hydrogen) atoms. The predicted octanol–water partition coefficient (Wildman–Crippen LogP) is 1.32. The lowest BCUT2D eigenvalue weighted by Gasteiger charge is -2.35. The number of likely N-dealkylation sites (tertiary alicyclic amines) is 1. The smallest absolute Gasteiger partial charge is 0.256 e. The number of carbonyl (C=O) groups is 2. The molecule has 0 bridgehead atoms. The van der Waals surface area contributed by atoms with Gasteiger partial charge in [-0.15, -0.1) is 0 Å². The van der Waals surface area contributed by atoms with Crippen LogP contribution in [0, 0.1) is 11.3 Å². The van der Waals surface area contributed by atoms with Gasteiger partial charge < -0.3 is 15.4 Å². The highest BCUT2D eigenvalue weighted by molar-refractivity contribution is 6.34. The highest BCUT2D eigenvalue weighted by Gasteiger charge is 2.49. The lowest BCUT2D eigenvalue weighted by atomic mass is 9.95. The third-order valence-corrected chi connectivity index (χ3v) is 4.23. The molecular weight excluding hydrogens is 306 g/mol. The molecule has 7 heteroatoms. The number of ether oxygens (including phenoxy) is 1. The van der Waals surface area contributed by atoms with Gasteiger partial charge in [-0.3, -0.25) is 9.59 Å². The van der Waals surface area contributed by atoms with E-state index in [-0.39, 0.29) is 17.2 Å². The second-order valence-electron chi connectivity index (χ2n) is 5.20. The molecule has 2 rings (SSSR count). The highest BCUT2D eigenvalue weighted by atomic mass is 35.5. The molecule has 0 spiro atoms. The Morgan fingerprint density at radius 3 is 2.86 bits per heavy atom. The molecule has 1 atom stereocenters. The Labute approximate surface area is 133 Å². The SMILES string of the molecule is COCC1(C(N)=O)CCCN1C(=O)c1cc(C#N)ccc1Cl. The minimum Gasteiger partial charge on any atom is -0.382 e. The van der Waals surface area contributed by atoms with Crippen LogP contribution in [0.4, 0.5) is 0 Å². The van der Waals surface area contributed by atoms with Gasteiger partial charge in [0.2, 0.25) is 5.91 Å². The van der Waals surface area contributed by atoms with Gasteiger partial charge >= 0.3 is 0 Å². The van der Waals surface area contributed by atoms with Gasteiger partial charge in [0.25, 0.3) is 5.91 Å². The number of amides is 2. The second-order valence-corrected chi connectivity index (χ2v) is 5.60. The van der Waals surface area contributed by atoms with Crippen LogP contribution in [-0.4, -0.2) is 42.5 Å². The van der Waals surface area contributed by atoms with Gasteiger partial charge in [0.15, 0.2) is 0 Å². The van der Waals surface area contributed by atoms with Crippen molar-refractivity contribution in [2.24, 2.45) is 5.73 Å². The molecule has 0 aliphatic carbocycles. The van der Waals surface area contributed by atoms with Crippen molar-refractivity contribution >= 4 is 23.4 Å². The van der Waals surface area contributed by atoms with E-state index >= 15 is 0 Å². The molecule has 1 saturated heterocycles. The zero-order valence-corrected chi connectivity index (χ0v) is 12.9. The number of nitriles is 1. The van der Waals surface area contributed by atoms with Crippen LogP contribution in [0.1, 0.15) is 28.8 Å². The zero-order valence-electron chi connectivity index (χ0n) is 12.1. The largest absolute Gasteiger partial charge is 0.382 e. The summed E-state index contributed by atoms with van der Waals surface area (Å²) >= 11 is 6.07. The van der Waals surface area contributed by atoms with Crippen LogP contribution < -0.4 is 5.73 Å². The van der Waals surface area contributed by atoms with Crippen molar-refractivity contribution in [2.45, 2.75) is 18.4 Å². The Kier molecular flexibility index (Phi) is 4.69. The number of hydrogen-bond acceptors (Lipinski definition) is 4. The standard InChI is InChI=1S/C15H16ClN3O3/c1-22-9-15(14(18)21)5-2-6-19(15)13(20)11-7-10(8-17)3-4-12(11)16/h3-4,7H,2,5-6,9H2,1H3,(H2,18,21). The quantitative estimate of drug-likeness (QED) is 0.904. The molecule has 0 aromatic heterocycles. The Morgan fingerprint density at radius 1 is 1.55 bits per heavy atom. The van der Waals surface area contributed by atoms with E-state index in [1.807, 2.05) is 6.07 Å². The number of carbonyl (C=O) groups excluding carboxylic acids is 2. The lowest BCUT2D eigenvalue weighted by Crippen LogP contribution is -2.58. The zero-order chi connectivity index (χ0) is 16.3. The van der Waals surface area contributed by atoms with Gasteiger partial charge in [0.05, 0.1) is 28.8 Å². The fraction of sp³-hybridized carbons (Fsp3) is 0.400. The molecule has 1 heterocycles. The fourth-order valence-electron chi connectivity index (χ4n) is 2.79. The van der Waals surface area contributed by atoms with Crippen molar-refractivity contribution in [3.63, 3.8) is 0 Å². The maximum Gasteiger partial charge on any atom is 0.256 e. The first kappa shape index (κ1) is 16.3. The van der Waals surface area contributed by atoms with Gasteiger partial charge in [-0.1, -0.05) is 11.6 Å². The molecule has 1 aliphatic rings. The summed E-state index contributed by atoms with van der Waals surface area (Å²) in [7, 11) is 1.45. The van der Waals surface area contributed by atoms with E-state index in [1.165, 1.54) is 30.2 Å². The van der Waals surface area contributed by atoms with E-state index in [0.717, 1.165) is 0 Å². The van der Waals surface area contributed by atoms with Crippen LogP contribution in [0.5, 0.6) is 0 Å². The number of halogens is 1. The van der Waals surface area contributed by atoms with Crippen molar-refractivity contribution in [3.8, 4) is 6.07 Å².